The lowest BCUT2D eigenvalue weighted by molar-refractivity contribution is -0.118. The van der Waals surface area contributed by atoms with Gasteiger partial charge in [0, 0.05) is 28.1 Å². The molecule has 0 unspecified atom stereocenters. The highest BCUT2D eigenvalue weighted by Crippen LogP contribution is 2.49. The van der Waals surface area contributed by atoms with Gasteiger partial charge in [-0.25, -0.2) is 4.99 Å². The number of carbonyl (C=O) groups is 1. The fourth-order valence-electron chi connectivity index (χ4n) is 3.05. The molecule has 1 aromatic heterocycles. The molecule has 5 rings (SSSR count). The molecule has 22 heavy (non-hydrogen) atoms. The van der Waals surface area contributed by atoms with Crippen LogP contribution in [-0.4, -0.2) is 23.3 Å². The Morgan fingerprint density at radius 1 is 1.23 bits per heavy atom. The fourth-order valence-corrected chi connectivity index (χ4v) is 4.27. The zero-order valence-corrected chi connectivity index (χ0v) is 13.1. The van der Waals surface area contributed by atoms with E-state index in [-0.39, 0.29) is 18.3 Å². The summed E-state index contributed by atoms with van der Waals surface area (Å²) in [5, 5.41) is 3.80. The average Bonchev–Trinajstić information content (AvgIpc) is 3.03. The molecule has 2 aromatic rings. The summed E-state index contributed by atoms with van der Waals surface area (Å²) in [6.45, 7) is 1.70. The first-order valence-electron chi connectivity index (χ1n) is 6.80. The summed E-state index contributed by atoms with van der Waals surface area (Å²) in [5.41, 5.74) is 3.56. The van der Waals surface area contributed by atoms with Crippen molar-refractivity contribution >= 4 is 40.6 Å². The lowest BCUT2D eigenvalue weighted by Gasteiger charge is -2.23. The molecule has 0 saturated carbocycles. The van der Waals surface area contributed by atoms with Gasteiger partial charge in [-0.2, -0.15) is 0 Å². The number of hydrogen-bond acceptors (Lipinski definition) is 5. The van der Waals surface area contributed by atoms with Crippen molar-refractivity contribution in [1.29, 1.82) is 0 Å². The second-order valence-corrected chi connectivity index (χ2v) is 6.32. The van der Waals surface area contributed by atoms with E-state index in [1.54, 1.807) is 11.3 Å². The maximum Gasteiger partial charge on any atom is 0.246 e. The minimum absolute atomic E-state index is 0. The summed E-state index contributed by atoms with van der Waals surface area (Å²) in [4.78, 5) is 19.3. The van der Waals surface area contributed by atoms with Crippen molar-refractivity contribution < 1.29 is 9.53 Å². The van der Waals surface area contributed by atoms with Crippen LogP contribution in [0.15, 0.2) is 29.3 Å². The van der Waals surface area contributed by atoms with E-state index < -0.39 is 0 Å². The van der Waals surface area contributed by atoms with Gasteiger partial charge in [0.05, 0.1) is 0 Å². The molecule has 3 aliphatic heterocycles. The maximum absolute atomic E-state index is 11.5. The number of hydrogen-bond donors (Lipinski definition) is 1. The molecule has 112 valence electrons. The number of carbonyl (C=O) groups excluding carboxylic acids is 1. The number of halogens is 1. The molecule has 1 N–H and O–H groups in total. The van der Waals surface area contributed by atoms with Crippen molar-refractivity contribution in [3.05, 3.63) is 35.4 Å². The van der Waals surface area contributed by atoms with E-state index >= 15 is 0 Å². The number of nitrogens with one attached hydrogen (secondary N) is 1. The first kappa shape index (κ1) is 13.6. The fraction of sp³-hybridized carbons (Fsp3) is 0.200. The zero-order chi connectivity index (χ0) is 14.0. The monoisotopic (exact) mass is 333 g/mol. The number of amides is 1. The van der Waals surface area contributed by atoms with E-state index in [0.29, 0.717) is 19.1 Å². The third kappa shape index (κ3) is 1.77. The van der Waals surface area contributed by atoms with Crippen molar-refractivity contribution in [1.82, 2.24) is 10.2 Å². The quantitative estimate of drug-likeness (QED) is 0.806. The highest BCUT2D eigenvalue weighted by atomic mass is 35.5. The first-order chi connectivity index (χ1) is 10.3. The van der Waals surface area contributed by atoms with Crippen molar-refractivity contribution in [3.63, 3.8) is 0 Å². The van der Waals surface area contributed by atoms with Gasteiger partial charge >= 0.3 is 0 Å². The van der Waals surface area contributed by atoms with Gasteiger partial charge in [0.1, 0.15) is 23.9 Å². The van der Waals surface area contributed by atoms with E-state index in [2.05, 4.69) is 16.4 Å². The number of rotatable bonds is 0. The van der Waals surface area contributed by atoms with E-state index in [9.17, 15) is 4.79 Å². The number of fused-ring (bicyclic) bond motifs is 6. The molecule has 1 amide bonds. The molecule has 0 aliphatic carbocycles. The van der Waals surface area contributed by atoms with Crippen LogP contribution in [0.2, 0.25) is 0 Å². The number of guanidine groups is 1. The summed E-state index contributed by atoms with van der Waals surface area (Å²) in [6.07, 6.45) is 0. The Morgan fingerprint density at radius 3 is 3.00 bits per heavy atom. The minimum Gasteiger partial charge on any atom is -0.488 e. The number of nitrogens with zero attached hydrogens (tertiary/aromatic N) is 2. The number of benzene rings is 1. The van der Waals surface area contributed by atoms with E-state index in [4.69, 9.17) is 4.74 Å². The summed E-state index contributed by atoms with van der Waals surface area (Å²) >= 11 is 1.69. The first-order valence-corrected chi connectivity index (χ1v) is 7.61. The molecule has 1 saturated heterocycles. The molecule has 0 spiro atoms. The molecule has 4 heterocycles. The van der Waals surface area contributed by atoms with Gasteiger partial charge in [-0.1, -0.05) is 12.1 Å². The van der Waals surface area contributed by atoms with Crippen molar-refractivity contribution in [3.8, 4) is 16.2 Å². The van der Waals surface area contributed by atoms with E-state index in [1.165, 1.54) is 16.0 Å². The van der Waals surface area contributed by atoms with Crippen LogP contribution in [0.25, 0.3) is 10.4 Å². The Morgan fingerprint density at radius 2 is 2.09 bits per heavy atom. The standard InChI is InChI=1S/C15H11N3O2S.ClH/c19-12-6-18-5-9-10-7-20-11-4-2-1-3-8(11)13(10)21-14(9)17-15(18)16-12;/h1-4H,5-7H2,(H,16,17,19);1H. The molecule has 1 aromatic carbocycles. The molecular weight excluding hydrogens is 322 g/mol. The normalized spacial score (nSPS) is 17.2. The largest absolute Gasteiger partial charge is 0.488 e. The number of ether oxygens (including phenoxy) is 1. The summed E-state index contributed by atoms with van der Waals surface area (Å²) in [6, 6.07) is 8.11. The van der Waals surface area contributed by atoms with Gasteiger partial charge in [-0.15, -0.1) is 23.7 Å². The van der Waals surface area contributed by atoms with Crippen molar-refractivity contribution in [2.24, 2.45) is 4.99 Å². The van der Waals surface area contributed by atoms with Crippen LogP contribution < -0.4 is 10.1 Å². The van der Waals surface area contributed by atoms with Crippen LogP contribution in [0.3, 0.4) is 0 Å². The minimum atomic E-state index is 0. The zero-order valence-electron chi connectivity index (χ0n) is 11.5. The number of para-hydroxylation sites is 1. The lowest BCUT2D eigenvalue weighted by Crippen LogP contribution is -2.32. The van der Waals surface area contributed by atoms with Gasteiger partial charge in [-0.05, 0) is 12.1 Å². The van der Waals surface area contributed by atoms with Gasteiger partial charge in [0.25, 0.3) is 0 Å². The number of aliphatic imine (C=N–C) groups is 1. The van der Waals surface area contributed by atoms with Crippen LogP contribution in [0, 0.1) is 0 Å². The average molecular weight is 334 g/mol. The number of thiophene rings is 1. The molecular formula is C15H12ClN3O2S. The topological polar surface area (TPSA) is 53.9 Å². The molecule has 5 nitrogen and oxygen atoms in total. The summed E-state index contributed by atoms with van der Waals surface area (Å²) in [5.74, 6) is 1.63. The Balaban J connectivity index is 0.00000125. The summed E-state index contributed by atoms with van der Waals surface area (Å²) in [7, 11) is 0. The highest BCUT2D eigenvalue weighted by molar-refractivity contribution is 7.19. The van der Waals surface area contributed by atoms with Gasteiger partial charge in [-0.3, -0.25) is 10.1 Å². The predicted molar refractivity (Wildman–Crippen MR) is 87.0 cm³/mol. The third-order valence-electron chi connectivity index (χ3n) is 4.04. The third-order valence-corrected chi connectivity index (χ3v) is 5.24. The maximum atomic E-state index is 11.5. The van der Waals surface area contributed by atoms with Crippen LogP contribution in [-0.2, 0) is 17.9 Å². The second kappa shape index (κ2) is 4.72. The Bertz CT molecular complexity index is 830. The lowest BCUT2D eigenvalue weighted by atomic mass is 10.0. The SMILES string of the molecule is Cl.O=C1CN2Cc3c(sc4c3COc3ccccc3-4)N=C2N1. The molecule has 0 atom stereocenters. The van der Waals surface area contributed by atoms with E-state index in [0.717, 1.165) is 22.9 Å². The van der Waals surface area contributed by atoms with Gasteiger partial charge in [0.15, 0.2) is 0 Å². The van der Waals surface area contributed by atoms with Crippen LogP contribution in [0.4, 0.5) is 5.00 Å². The van der Waals surface area contributed by atoms with Gasteiger partial charge < -0.3 is 9.64 Å². The molecule has 7 heteroatoms. The van der Waals surface area contributed by atoms with Crippen LogP contribution >= 0.6 is 23.7 Å². The summed E-state index contributed by atoms with van der Waals surface area (Å²) < 4.78 is 5.86. The Hall–Kier alpha value is -2.05. The van der Waals surface area contributed by atoms with Crippen LogP contribution in [0.1, 0.15) is 11.1 Å². The van der Waals surface area contributed by atoms with E-state index in [1.807, 2.05) is 23.1 Å². The Labute approximate surface area is 137 Å². The molecule has 1 fully saturated rings. The second-order valence-electron chi connectivity index (χ2n) is 5.32. The smallest absolute Gasteiger partial charge is 0.246 e. The van der Waals surface area contributed by atoms with Crippen molar-refractivity contribution in [2.75, 3.05) is 6.54 Å². The predicted octanol–water partition coefficient (Wildman–Crippen LogP) is 2.66. The van der Waals surface area contributed by atoms with Crippen LogP contribution in [0.5, 0.6) is 5.75 Å². The Kier molecular flexibility index (Phi) is 2.92. The molecule has 3 aliphatic rings. The molecule has 0 bridgehead atoms. The van der Waals surface area contributed by atoms with Gasteiger partial charge in [0.2, 0.25) is 11.9 Å². The molecule has 0 radical (unpaired) electrons. The highest BCUT2D eigenvalue weighted by Gasteiger charge is 2.34. The van der Waals surface area contributed by atoms with Crippen molar-refractivity contribution in [2.45, 2.75) is 13.2 Å².